The van der Waals surface area contributed by atoms with Crippen LogP contribution in [0.3, 0.4) is 0 Å². The highest BCUT2D eigenvalue weighted by Crippen LogP contribution is 2.44. The SMILES string of the molecule is Cc1ccc(C2=C(O)C(=O)N(Cc3ccc4c(c3)OCO4)[C@H]2c2ccc(Br)cc2)cc1. The van der Waals surface area contributed by atoms with Crippen LogP contribution in [0.2, 0.25) is 0 Å². The van der Waals surface area contributed by atoms with Gasteiger partial charge in [-0.25, -0.2) is 0 Å². The molecule has 1 atom stereocenters. The van der Waals surface area contributed by atoms with E-state index in [1.165, 1.54) is 0 Å². The van der Waals surface area contributed by atoms with E-state index in [4.69, 9.17) is 9.47 Å². The van der Waals surface area contributed by atoms with Gasteiger partial charge in [0.05, 0.1) is 6.04 Å². The summed E-state index contributed by atoms with van der Waals surface area (Å²) >= 11 is 3.48. The summed E-state index contributed by atoms with van der Waals surface area (Å²) in [6.45, 7) is 2.54. The second kappa shape index (κ2) is 7.78. The van der Waals surface area contributed by atoms with Crippen molar-refractivity contribution in [3.63, 3.8) is 0 Å². The van der Waals surface area contributed by atoms with Crippen molar-refractivity contribution in [3.8, 4) is 11.5 Å². The minimum Gasteiger partial charge on any atom is -0.503 e. The van der Waals surface area contributed by atoms with Gasteiger partial charge in [-0.15, -0.1) is 0 Å². The third kappa shape index (κ3) is 3.57. The van der Waals surface area contributed by atoms with Crippen LogP contribution in [-0.4, -0.2) is 22.7 Å². The molecule has 0 radical (unpaired) electrons. The van der Waals surface area contributed by atoms with Gasteiger partial charge in [-0.3, -0.25) is 4.79 Å². The molecule has 1 N–H and O–H groups in total. The molecule has 5 rings (SSSR count). The first-order valence-electron chi connectivity index (χ1n) is 9.96. The predicted molar refractivity (Wildman–Crippen MR) is 121 cm³/mol. The lowest BCUT2D eigenvalue weighted by molar-refractivity contribution is -0.130. The Kier molecular flexibility index (Phi) is 4.94. The van der Waals surface area contributed by atoms with Gasteiger partial charge in [0.15, 0.2) is 17.3 Å². The van der Waals surface area contributed by atoms with Gasteiger partial charge in [0.2, 0.25) is 6.79 Å². The normalized spacial score (nSPS) is 17.5. The van der Waals surface area contributed by atoms with Crippen molar-refractivity contribution in [3.05, 3.63) is 99.2 Å². The summed E-state index contributed by atoms with van der Waals surface area (Å²) in [6.07, 6.45) is 0. The van der Waals surface area contributed by atoms with Gasteiger partial charge >= 0.3 is 0 Å². The Labute approximate surface area is 188 Å². The fourth-order valence-corrected chi connectivity index (χ4v) is 4.34. The number of aliphatic hydroxyl groups excluding tert-OH is 1. The molecule has 1 amide bonds. The van der Waals surface area contributed by atoms with Crippen molar-refractivity contribution in [1.29, 1.82) is 0 Å². The summed E-state index contributed by atoms with van der Waals surface area (Å²) in [4.78, 5) is 14.9. The molecule has 3 aromatic carbocycles. The monoisotopic (exact) mass is 477 g/mol. The maximum Gasteiger partial charge on any atom is 0.290 e. The average Bonchev–Trinajstić information content (AvgIpc) is 3.33. The lowest BCUT2D eigenvalue weighted by Gasteiger charge is -2.27. The van der Waals surface area contributed by atoms with Crippen molar-refractivity contribution >= 4 is 27.4 Å². The highest BCUT2D eigenvalue weighted by molar-refractivity contribution is 9.10. The number of hydrogen-bond acceptors (Lipinski definition) is 4. The fourth-order valence-electron chi connectivity index (χ4n) is 4.07. The van der Waals surface area contributed by atoms with E-state index in [9.17, 15) is 9.90 Å². The van der Waals surface area contributed by atoms with Gasteiger partial charge in [0.25, 0.3) is 5.91 Å². The molecule has 2 aliphatic rings. The zero-order valence-corrected chi connectivity index (χ0v) is 18.4. The molecule has 0 unspecified atom stereocenters. The molecule has 0 bridgehead atoms. The van der Waals surface area contributed by atoms with Gasteiger partial charge in [0, 0.05) is 16.6 Å². The van der Waals surface area contributed by atoms with Crippen LogP contribution in [0.5, 0.6) is 11.5 Å². The third-order valence-electron chi connectivity index (χ3n) is 5.64. The van der Waals surface area contributed by atoms with E-state index in [1.54, 1.807) is 4.90 Å². The second-order valence-electron chi connectivity index (χ2n) is 7.70. The number of hydrogen-bond donors (Lipinski definition) is 1. The van der Waals surface area contributed by atoms with E-state index in [0.29, 0.717) is 23.6 Å². The molecule has 31 heavy (non-hydrogen) atoms. The first-order chi connectivity index (χ1) is 15.0. The highest BCUT2D eigenvalue weighted by atomic mass is 79.9. The quantitative estimate of drug-likeness (QED) is 0.535. The van der Waals surface area contributed by atoms with Crippen molar-refractivity contribution < 1.29 is 19.4 Å². The Balaban J connectivity index is 1.57. The van der Waals surface area contributed by atoms with Crippen LogP contribution in [-0.2, 0) is 11.3 Å². The Morgan fingerprint density at radius 3 is 2.45 bits per heavy atom. The third-order valence-corrected chi connectivity index (χ3v) is 6.17. The van der Waals surface area contributed by atoms with E-state index in [1.807, 2.05) is 73.7 Å². The lowest BCUT2D eigenvalue weighted by atomic mass is 9.93. The number of halogens is 1. The molecule has 5 nitrogen and oxygen atoms in total. The molecular formula is C25H20BrNO4. The Morgan fingerprint density at radius 2 is 1.71 bits per heavy atom. The summed E-state index contributed by atoms with van der Waals surface area (Å²) in [5.74, 6) is 0.765. The van der Waals surface area contributed by atoms with E-state index in [2.05, 4.69) is 15.9 Å². The number of rotatable bonds is 4. The molecule has 3 aromatic rings. The summed E-state index contributed by atoms with van der Waals surface area (Å²) in [7, 11) is 0. The Bertz CT molecular complexity index is 1190. The van der Waals surface area contributed by atoms with Gasteiger partial charge in [0.1, 0.15) is 0 Å². The van der Waals surface area contributed by atoms with Gasteiger partial charge in [-0.05, 0) is 47.9 Å². The second-order valence-corrected chi connectivity index (χ2v) is 8.62. The Hall–Kier alpha value is -3.25. The Morgan fingerprint density at radius 1 is 1.00 bits per heavy atom. The average molecular weight is 478 g/mol. The number of fused-ring (bicyclic) bond motifs is 1. The number of aryl methyl sites for hydroxylation is 1. The number of carbonyl (C=O) groups excluding carboxylic acids is 1. The van der Waals surface area contributed by atoms with Crippen LogP contribution >= 0.6 is 15.9 Å². The molecule has 156 valence electrons. The molecule has 6 heteroatoms. The number of aliphatic hydroxyl groups is 1. The van der Waals surface area contributed by atoms with E-state index in [0.717, 1.165) is 26.7 Å². The zero-order chi connectivity index (χ0) is 21.5. The molecule has 0 fully saturated rings. The van der Waals surface area contributed by atoms with Crippen LogP contribution in [0.4, 0.5) is 0 Å². The van der Waals surface area contributed by atoms with Crippen molar-refractivity contribution in [2.24, 2.45) is 0 Å². The minimum atomic E-state index is -0.409. The van der Waals surface area contributed by atoms with Crippen molar-refractivity contribution in [2.75, 3.05) is 6.79 Å². The molecule has 0 saturated heterocycles. The molecule has 2 heterocycles. The topological polar surface area (TPSA) is 59.0 Å². The molecule has 0 aliphatic carbocycles. The van der Waals surface area contributed by atoms with Crippen LogP contribution in [0.1, 0.15) is 28.3 Å². The molecule has 0 aromatic heterocycles. The molecule has 0 spiro atoms. The maximum absolute atomic E-state index is 13.2. The van der Waals surface area contributed by atoms with Gasteiger partial charge in [-0.1, -0.05) is 64.0 Å². The summed E-state index contributed by atoms with van der Waals surface area (Å²) in [6, 6.07) is 20.9. The maximum atomic E-state index is 13.2. The highest BCUT2D eigenvalue weighted by Gasteiger charge is 2.41. The molecule has 0 saturated carbocycles. The smallest absolute Gasteiger partial charge is 0.290 e. The summed E-state index contributed by atoms with van der Waals surface area (Å²) in [5, 5.41) is 10.9. The summed E-state index contributed by atoms with van der Waals surface area (Å²) < 4.78 is 11.8. The number of ether oxygens (including phenoxy) is 2. The van der Waals surface area contributed by atoms with Crippen molar-refractivity contribution in [2.45, 2.75) is 19.5 Å². The molecule has 2 aliphatic heterocycles. The standard InChI is InChI=1S/C25H20BrNO4/c1-15-2-5-17(6-3-15)22-23(18-7-9-19(26)10-8-18)27(25(29)24(22)28)13-16-4-11-20-21(12-16)31-14-30-20/h2-12,23,28H,13-14H2,1H3/t23-/m0/s1. The largest absolute Gasteiger partial charge is 0.503 e. The van der Waals surface area contributed by atoms with E-state index < -0.39 is 6.04 Å². The van der Waals surface area contributed by atoms with Crippen LogP contribution in [0, 0.1) is 6.92 Å². The first kappa shape index (κ1) is 19.7. The van der Waals surface area contributed by atoms with Crippen molar-refractivity contribution in [1.82, 2.24) is 4.90 Å². The predicted octanol–water partition coefficient (Wildman–Crippen LogP) is 5.54. The zero-order valence-electron chi connectivity index (χ0n) is 16.8. The lowest BCUT2D eigenvalue weighted by Crippen LogP contribution is -2.29. The number of amides is 1. The number of carbonyl (C=O) groups is 1. The number of nitrogens with zero attached hydrogens (tertiary/aromatic N) is 1. The number of benzene rings is 3. The molecular weight excluding hydrogens is 458 g/mol. The van der Waals surface area contributed by atoms with E-state index >= 15 is 0 Å². The fraction of sp³-hybridized carbons (Fsp3) is 0.160. The van der Waals surface area contributed by atoms with Crippen LogP contribution in [0.25, 0.3) is 5.57 Å². The van der Waals surface area contributed by atoms with Crippen LogP contribution < -0.4 is 9.47 Å². The van der Waals surface area contributed by atoms with Gasteiger partial charge in [-0.2, -0.15) is 0 Å². The van der Waals surface area contributed by atoms with Crippen LogP contribution in [0.15, 0.2) is 77.0 Å². The summed E-state index contributed by atoms with van der Waals surface area (Å²) in [5.41, 5.74) is 4.39. The minimum absolute atomic E-state index is 0.197. The van der Waals surface area contributed by atoms with E-state index in [-0.39, 0.29) is 18.5 Å². The first-order valence-corrected chi connectivity index (χ1v) is 10.8. The van der Waals surface area contributed by atoms with Gasteiger partial charge < -0.3 is 19.5 Å².